The highest BCUT2D eigenvalue weighted by molar-refractivity contribution is 6.03. The lowest BCUT2D eigenvalue weighted by Crippen LogP contribution is -2.51. The third-order valence-corrected chi connectivity index (χ3v) is 24.9. The minimum Gasteiger partial charge on any atom is -0.425 e. The SMILES string of the molecule is CNc1cc(Nc2cccn(-c3cccnc3)c2=O)nc2c(C(=O)N[C@H]3CC[C@@H]3OC)cnn12.CNc1cc(Nc2cccn(-c3cnc(C)o3)c2=O)nc2c(C(=O)N[C@@H]3CC[C@H]3OC)cnn12.CNc1cc(Nc2cccn([C@@H]3CCCOC3)c2=O)nc2c(C(=O)N[C@@H]3CC[C@H]3OC)cnn12.CNc1cc(Nc2cccn([C@H]3CCCOC3)c2=O)nc2c(C(=O)N[C@H]3CC[C@@H]3OC)cnn12. The first kappa shape index (κ1) is 92.5. The Labute approximate surface area is 776 Å². The van der Waals surface area contributed by atoms with E-state index in [1.807, 2.05) is 12.1 Å². The molecule has 2 saturated heterocycles. The fourth-order valence-corrected chi connectivity index (χ4v) is 16.8. The van der Waals surface area contributed by atoms with Crippen molar-refractivity contribution in [3.63, 3.8) is 0 Å². The minimum absolute atomic E-state index is 0.0113. The third kappa shape index (κ3) is 19.6. The van der Waals surface area contributed by atoms with Crippen LogP contribution < -0.4 is 86.0 Å². The van der Waals surface area contributed by atoms with Gasteiger partial charge in [-0.25, -0.2) is 24.9 Å². The monoisotopic (exact) mass is 1860 g/mol. The van der Waals surface area contributed by atoms with Crippen LogP contribution in [0.25, 0.3) is 34.2 Å². The summed E-state index contributed by atoms with van der Waals surface area (Å²) in [6.45, 7) is 4.21. The van der Waals surface area contributed by atoms with Crippen LogP contribution in [0.4, 0.5) is 69.3 Å². The van der Waals surface area contributed by atoms with Gasteiger partial charge in [0.1, 0.15) is 91.5 Å². The molecule has 16 heterocycles. The maximum Gasteiger partial charge on any atom is 0.281 e. The van der Waals surface area contributed by atoms with Gasteiger partial charge in [0.15, 0.2) is 28.5 Å². The number of hydrogen-bond donors (Lipinski definition) is 12. The molecule has 0 radical (unpaired) electrons. The van der Waals surface area contributed by atoms with Crippen LogP contribution in [-0.2, 0) is 28.4 Å². The van der Waals surface area contributed by atoms with Gasteiger partial charge < -0.3 is 106 Å². The predicted octanol–water partition coefficient (Wildman–Crippen LogP) is 7.71. The Morgan fingerprint density at radius 2 is 0.721 bits per heavy atom. The number of fused-ring (bicyclic) bond motifs is 4. The van der Waals surface area contributed by atoms with Crippen LogP contribution in [0.3, 0.4) is 0 Å². The number of pyridine rings is 5. The Balaban J connectivity index is 0.000000126. The van der Waals surface area contributed by atoms with E-state index in [1.165, 1.54) is 44.6 Å². The smallest absolute Gasteiger partial charge is 0.281 e. The normalized spacial score (nSPS) is 19.8. The maximum atomic E-state index is 13.1. The Kier molecular flexibility index (Phi) is 28.2. The lowest BCUT2D eigenvalue weighted by atomic mass is 9.89. The van der Waals surface area contributed by atoms with Crippen molar-refractivity contribution in [1.29, 1.82) is 0 Å². The van der Waals surface area contributed by atoms with Crippen molar-refractivity contribution in [3.05, 3.63) is 223 Å². The summed E-state index contributed by atoms with van der Waals surface area (Å²) in [6, 6.07) is 24.3. The zero-order valence-corrected chi connectivity index (χ0v) is 76.2. The molecule has 2 aliphatic heterocycles. The molecule has 4 saturated carbocycles. The number of hydrogen-bond acceptors (Lipinski definition) is 33. The van der Waals surface area contributed by atoms with E-state index in [0.29, 0.717) is 139 Å². The predicted molar refractivity (Wildman–Crippen MR) is 505 cm³/mol. The molecule has 45 heteroatoms. The molecule has 0 unspecified atom stereocenters. The molecule has 14 aromatic heterocycles. The summed E-state index contributed by atoms with van der Waals surface area (Å²) in [7, 11) is 13.6. The quantitative estimate of drug-likeness (QED) is 0.0223. The van der Waals surface area contributed by atoms with Crippen molar-refractivity contribution in [2.75, 3.05) is 126 Å². The second kappa shape index (κ2) is 41.4. The molecule has 4 aliphatic carbocycles. The van der Waals surface area contributed by atoms with Gasteiger partial charge >= 0.3 is 0 Å². The van der Waals surface area contributed by atoms with Gasteiger partial charge in [-0.1, -0.05) is 0 Å². The third-order valence-electron chi connectivity index (χ3n) is 24.9. The number of aromatic nitrogens is 18. The van der Waals surface area contributed by atoms with E-state index >= 15 is 0 Å². The summed E-state index contributed by atoms with van der Waals surface area (Å²) >= 11 is 0. The summed E-state index contributed by atoms with van der Waals surface area (Å²) in [5.74, 6) is 3.77. The van der Waals surface area contributed by atoms with Crippen LogP contribution in [-0.4, -0.2) is 242 Å². The van der Waals surface area contributed by atoms with E-state index in [0.717, 1.165) is 90.3 Å². The van der Waals surface area contributed by atoms with Crippen LogP contribution in [0.1, 0.15) is 136 Å². The lowest BCUT2D eigenvalue weighted by molar-refractivity contribution is 0.00731. The summed E-state index contributed by atoms with van der Waals surface area (Å²) in [4.78, 5) is 131. The molecule has 6 aliphatic rings. The van der Waals surface area contributed by atoms with Crippen LogP contribution in [0.2, 0.25) is 0 Å². The summed E-state index contributed by atoms with van der Waals surface area (Å²) < 4.78 is 50.6. The average Bonchev–Trinajstić information content (AvgIpc) is 1.66. The fourth-order valence-electron chi connectivity index (χ4n) is 16.8. The zero-order chi connectivity index (χ0) is 94.8. The fraction of sp³-hybridized carbons (Fsp3) is 0.385. The maximum absolute atomic E-state index is 13.1. The standard InChI is InChI=1S/C23H24N8O3.2C23H29N7O4.C22H24N8O4/c1-24-20-11-19(27-17-6-4-10-30(23(17)33)14-5-3-9-25-12-14)29-21-15(13-26-31(20)21)22(32)28-16-7-8-18(16)34-2;2*1-24-20-11-19(26-17-6-3-9-29(23(17)32)14-5-4-10-34-13-14)28-21-15(12-25-30(20)21)22(31)27-16-7-8-18(16)33-2;1-12-24-11-19(34-12)29-8-4-5-15(22(29)32)26-17-9-18(23-2)30-20(28-17)13(10-25-30)21(31)27-14-6-7-16(14)33-3/h3-6,9-13,16,18,24H,7-8H2,1-2H3,(H,27,29)(H,28,32);2*3,6,9,11-12,14,16,18,24H,4-5,7-8,10,13H2,1-2H3,(H,26,28)(H,27,31);4-5,8-11,14,16,23H,6-7H2,1-3H3,(H,26,28)(H,27,31)/t16-,18-;2*14-,16-,18-;14-,16-/m0101/s1. The second-order valence-corrected chi connectivity index (χ2v) is 33.1. The first-order valence-corrected chi connectivity index (χ1v) is 44.8. The molecule has 6 fully saturated rings. The molecule has 12 N–H and O–H groups in total. The van der Waals surface area contributed by atoms with Gasteiger partial charge in [0.25, 0.3) is 45.9 Å². The van der Waals surface area contributed by atoms with E-state index in [2.05, 4.69) is 114 Å². The second-order valence-electron chi connectivity index (χ2n) is 33.1. The molecule has 14 aromatic rings. The number of amides is 4. The number of rotatable bonds is 28. The van der Waals surface area contributed by atoms with E-state index in [4.69, 9.17) is 32.8 Å². The van der Waals surface area contributed by atoms with E-state index in [-0.39, 0.29) is 112 Å². The number of anilines is 12. The van der Waals surface area contributed by atoms with Crippen molar-refractivity contribution in [1.82, 2.24) is 108 Å². The molecular weight excluding hydrogens is 1750 g/mol. The Hall–Kier alpha value is -15.3. The van der Waals surface area contributed by atoms with Gasteiger partial charge in [-0.2, -0.15) is 38.5 Å². The van der Waals surface area contributed by atoms with Crippen LogP contribution in [0.5, 0.6) is 0 Å². The molecule has 0 aromatic carbocycles. The number of oxazole rings is 1. The van der Waals surface area contributed by atoms with E-state index in [1.54, 1.807) is 196 Å². The zero-order valence-electron chi connectivity index (χ0n) is 76.2. The molecule has 710 valence electrons. The highest BCUT2D eigenvalue weighted by atomic mass is 16.5. The highest BCUT2D eigenvalue weighted by Crippen LogP contribution is 2.33. The van der Waals surface area contributed by atoms with E-state index < -0.39 is 0 Å². The number of methoxy groups -OCH3 is 4. The van der Waals surface area contributed by atoms with Gasteiger partial charge in [-0.3, -0.25) is 52.5 Å². The number of ether oxygens (including phenoxy) is 6. The van der Waals surface area contributed by atoms with Crippen molar-refractivity contribution < 1.29 is 52.0 Å². The molecule has 0 bridgehead atoms. The van der Waals surface area contributed by atoms with Gasteiger partial charge in [-0.15, -0.1) is 0 Å². The lowest BCUT2D eigenvalue weighted by Gasteiger charge is -2.35. The van der Waals surface area contributed by atoms with Gasteiger partial charge in [-0.05, 0) is 138 Å². The number of nitrogens with zero attached hydrogens (tertiary/aromatic N) is 18. The Bertz CT molecular complexity index is 6750. The number of carbonyl (C=O) groups is 4. The van der Waals surface area contributed by atoms with Gasteiger partial charge in [0, 0.05) is 132 Å². The molecule has 0 spiro atoms. The van der Waals surface area contributed by atoms with Crippen molar-refractivity contribution in [2.45, 2.75) is 145 Å². The summed E-state index contributed by atoms with van der Waals surface area (Å²) in [6.07, 6.45) is 28.4. The Morgan fingerprint density at radius 3 is 1.01 bits per heavy atom. The number of aryl methyl sites for hydroxylation is 1. The molecule has 45 nitrogen and oxygen atoms in total. The van der Waals surface area contributed by atoms with Crippen LogP contribution in [0, 0.1) is 6.92 Å². The molecule has 20 rings (SSSR count). The number of nitrogens with one attached hydrogen (secondary N) is 12. The van der Waals surface area contributed by atoms with Crippen molar-refractivity contribution in [2.24, 2.45) is 0 Å². The summed E-state index contributed by atoms with van der Waals surface area (Å²) in [5.41, 5.74) is 4.01. The first-order chi connectivity index (χ1) is 66.2. The van der Waals surface area contributed by atoms with E-state index in [9.17, 15) is 38.4 Å². The topological polar surface area (TPSA) is 516 Å². The molecule has 10 atom stereocenters. The molecular formula is C91H106N30O15. The summed E-state index contributed by atoms with van der Waals surface area (Å²) in [5, 5.41) is 54.0. The largest absolute Gasteiger partial charge is 0.425 e. The molecule has 136 heavy (non-hydrogen) atoms. The molecule has 4 amide bonds. The van der Waals surface area contributed by atoms with Crippen molar-refractivity contribution in [3.8, 4) is 11.6 Å². The first-order valence-electron chi connectivity index (χ1n) is 44.8. The highest BCUT2D eigenvalue weighted by Gasteiger charge is 2.38. The minimum atomic E-state index is -0.339. The average molecular weight is 1860 g/mol. The van der Waals surface area contributed by atoms with Crippen LogP contribution in [0.15, 0.2) is 177 Å². The Morgan fingerprint density at radius 1 is 0.390 bits per heavy atom. The van der Waals surface area contributed by atoms with Gasteiger partial charge in [0.05, 0.1) is 117 Å². The van der Waals surface area contributed by atoms with Crippen molar-refractivity contribution >= 4 is 116 Å². The number of carbonyl (C=O) groups excluding carboxylic acids is 4. The van der Waals surface area contributed by atoms with Gasteiger partial charge in [0.2, 0.25) is 5.88 Å². The van der Waals surface area contributed by atoms with Crippen LogP contribution >= 0.6 is 0 Å².